The molecule has 12 heteroatoms. The third-order valence-electron chi connectivity index (χ3n) is 8.38. The van der Waals surface area contributed by atoms with Gasteiger partial charge >= 0.3 is 0 Å². The average Bonchev–Trinajstić information content (AvgIpc) is 3.74. The molecule has 1 atom stereocenters. The lowest BCUT2D eigenvalue weighted by Gasteiger charge is -2.39. The highest BCUT2D eigenvalue weighted by molar-refractivity contribution is 6.02. The summed E-state index contributed by atoms with van der Waals surface area (Å²) in [6, 6.07) is 8.28. The van der Waals surface area contributed by atoms with Gasteiger partial charge in [0.1, 0.15) is 23.1 Å². The number of carbonyl (C=O) groups excluding carboxylic acids is 1. The van der Waals surface area contributed by atoms with E-state index in [9.17, 15) is 4.79 Å². The third-order valence-corrected chi connectivity index (χ3v) is 8.38. The molecule has 43 heavy (non-hydrogen) atoms. The van der Waals surface area contributed by atoms with Gasteiger partial charge in [0.05, 0.1) is 31.1 Å². The molecule has 2 aliphatic heterocycles. The summed E-state index contributed by atoms with van der Waals surface area (Å²) >= 11 is 0. The first kappa shape index (κ1) is 30.3. The Kier molecular flexibility index (Phi) is 9.80. The Hall–Kier alpha value is -4.13. The van der Waals surface area contributed by atoms with Crippen LogP contribution in [-0.4, -0.2) is 72.6 Å². The van der Waals surface area contributed by atoms with Crippen molar-refractivity contribution >= 4 is 28.8 Å². The standard InChI is InChI=1S/C31H43N9O3/c1-4-31(41)36-24-17-25(28(42-3)18-27(24)39-14-12-38(13-15-39)23-7-5-6-8-23)35-29(32)19-30(37-33)40-26(11-16-43-40)22-10-9-21(2)34-20-22/h4,9-10,17-20,23,26,37H,1,5-8,11-16,33H2,2-3H3,(H2,32,35)(H,36,41)/b30-19+/t26-/m1/s1. The van der Waals surface area contributed by atoms with Gasteiger partial charge < -0.3 is 26.1 Å². The number of carbonyl (C=O) groups is 1. The van der Waals surface area contributed by atoms with Crippen LogP contribution in [0.15, 0.2) is 60.0 Å². The van der Waals surface area contributed by atoms with Gasteiger partial charge in [-0.15, -0.1) is 0 Å². The highest BCUT2D eigenvalue weighted by Crippen LogP contribution is 2.40. The number of piperazine rings is 1. The summed E-state index contributed by atoms with van der Waals surface area (Å²) in [6.07, 6.45) is 10.7. The van der Waals surface area contributed by atoms with Crippen molar-refractivity contribution in [1.29, 1.82) is 0 Å². The highest BCUT2D eigenvalue weighted by atomic mass is 16.7. The highest BCUT2D eigenvalue weighted by Gasteiger charge is 2.30. The fraction of sp³-hybridized carbons (Fsp3) is 0.452. The number of aliphatic imine (C=N–C) groups is 1. The number of amides is 1. The van der Waals surface area contributed by atoms with Crippen LogP contribution in [-0.2, 0) is 9.63 Å². The molecule has 5 rings (SSSR count). The van der Waals surface area contributed by atoms with Gasteiger partial charge in [0, 0.05) is 62.7 Å². The minimum atomic E-state index is -0.309. The second kappa shape index (κ2) is 13.9. The number of nitrogens with one attached hydrogen (secondary N) is 2. The van der Waals surface area contributed by atoms with Gasteiger partial charge in [0.2, 0.25) is 5.91 Å². The third kappa shape index (κ3) is 7.10. The lowest BCUT2D eigenvalue weighted by atomic mass is 10.1. The first-order valence-corrected chi connectivity index (χ1v) is 14.9. The molecule has 1 amide bonds. The molecule has 2 aromatic rings. The van der Waals surface area contributed by atoms with Crippen LogP contribution in [0.5, 0.6) is 5.75 Å². The van der Waals surface area contributed by atoms with Crippen LogP contribution in [0.25, 0.3) is 0 Å². The number of anilines is 2. The molecule has 1 saturated carbocycles. The summed E-state index contributed by atoms with van der Waals surface area (Å²) in [5.74, 6) is 6.74. The van der Waals surface area contributed by atoms with E-state index in [1.165, 1.54) is 31.8 Å². The Balaban J connectivity index is 1.41. The maximum atomic E-state index is 12.4. The summed E-state index contributed by atoms with van der Waals surface area (Å²) in [5, 5.41) is 4.64. The molecule has 6 N–H and O–H groups in total. The van der Waals surface area contributed by atoms with Crippen LogP contribution in [0.4, 0.5) is 17.1 Å². The average molecular weight is 590 g/mol. The molecule has 12 nitrogen and oxygen atoms in total. The zero-order valence-corrected chi connectivity index (χ0v) is 25.1. The summed E-state index contributed by atoms with van der Waals surface area (Å²) in [6.45, 7) is 9.74. The molecular formula is C31H43N9O3. The fourth-order valence-corrected chi connectivity index (χ4v) is 6.12. The van der Waals surface area contributed by atoms with Crippen molar-refractivity contribution in [3.05, 3.63) is 66.3 Å². The Morgan fingerprint density at radius 1 is 1.19 bits per heavy atom. The number of ether oxygens (including phenoxy) is 1. The molecule has 1 aromatic carbocycles. The molecular weight excluding hydrogens is 546 g/mol. The molecule has 1 aliphatic carbocycles. The molecule has 2 saturated heterocycles. The van der Waals surface area contributed by atoms with Gasteiger partial charge in [-0.05, 0) is 43.5 Å². The van der Waals surface area contributed by atoms with E-state index in [0.29, 0.717) is 35.6 Å². The SMILES string of the molecule is C=CC(=O)Nc1cc(N=C(N)/C=C(\NN)N2OCC[C@@H]2c2ccc(C)nc2)c(OC)cc1N1CCN(C2CCCC2)CC1. The zero-order chi connectivity index (χ0) is 30.3. The van der Waals surface area contributed by atoms with Crippen molar-refractivity contribution in [3.63, 3.8) is 0 Å². The summed E-state index contributed by atoms with van der Waals surface area (Å²) in [5.41, 5.74) is 13.0. The van der Waals surface area contributed by atoms with E-state index in [-0.39, 0.29) is 17.8 Å². The predicted molar refractivity (Wildman–Crippen MR) is 169 cm³/mol. The first-order chi connectivity index (χ1) is 20.9. The number of benzene rings is 1. The lowest BCUT2D eigenvalue weighted by Crippen LogP contribution is -2.49. The summed E-state index contributed by atoms with van der Waals surface area (Å²) < 4.78 is 5.75. The molecule has 0 radical (unpaired) electrons. The molecule has 0 spiro atoms. The Morgan fingerprint density at radius 2 is 1.95 bits per heavy atom. The van der Waals surface area contributed by atoms with Crippen LogP contribution in [0, 0.1) is 6.92 Å². The number of amidine groups is 1. The number of nitrogens with zero attached hydrogens (tertiary/aromatic N) is 5. The number of aryl methyl sites for hydroxylation is 1. The molecule has 0 bridgehead atoms. The minimum Gasteiger partial charge on any atom is -0.494 e. The lowest BCUT2D eigenvalue weighted by molar-refractivity contribution is -0.111. The molecule has 3 aliphatic rings. The van der Waals surface area contributed by atoms with E-state index in [4.69, 9.17) is 21.2 Å². The quantitative estimate of drug-likeness (QED) is 0.107. The van der Waals surface area contributed by atoms with Crippen molar-refractivity contribution in [2.75, 3.05) is 50.1 Å². The van der Waals surface area contributed by atoms with Gasteiger partial charge in [-0.3, -0.25) is 19.5 Å². The number of pyridine rings is 1. The molecule has 3 fully saturated rings. The number of hydroxylamine groups is 2. The number of methoxy groups -OCH3 is 1. The number of aromatic nitrogens is 1. The second-order valence-corrected chi connectivity index (χ2v) is 11.1. The van der Waals surface area contributed by atoms with E-state index in [0.717, 1.165) is 49.5 Å². The molecule has 230 valence electrons. The molecule has 1 aromatic heterocycles. The maximum Gasteiger partial charge on any atom is 0.247 e. The van der Waals surface area contributed by atoms with Crippen molar-refractivity contribution in [3.8, 4) is 5.75 Å². The van der Waals surface area contributed by atoms with E-state index in [1.807, 2.05) is 31.3 Å². The van der Waals surface area contributed by atoms with Crippen molar-refractivity contribution in [2.45, 2.75) is 51.1 Å². The zero-order valence-electron chi connectivity index (χ0n) is 25.1. The van der Waals surface area contributed by atoms with Crippen LogP contribution in [0.2, 0.25) is 0 Å². The van der Waals surface area contributed by atoms with Crippen LogP contribution in [0.3, 0.4) is 0 Å². The Morgan fingerprint density at radius 3 is 2.60 bits per heavy atom. The van der Waals surface area contributed by atoms with Gasteiger partial charge in [-0.25, -0.2) is 15.9 Å². The van der Waals surface area contributed by atoms with Gasteiger partial charge in [0.15, 0.2) is 0 Å². The first-order valence-electron chi connectivity index (χ1n) is 14.9. The molecule has 3 heterocycles. The Bertz CT molecular complexity index is 1350. The van der Waals surface area contributed by atoms with Crippen LogP contribution in [0.1, 0.15) is 49.4 Å². The van der Waals surface area contributed by atoms with Crippen molar-refractivity contribution in [1.82, 2.24) is 20.4 Å². The smallest absolute Gasteiger partial charge is 0.247 e. The minimum absolute atomic E-state index is 0.0909. The summed E-state index contributed by atoms with van der Waals surface area (Å²) in [4.78, 5) is 32.3. The van der Waals surface area contributed by atoms with Crippen LogP contribution < -0.4 is 32.0 Å². The van der Waals surface area contributed by atoms with Crippen molar-refractivity contribution < 1.29 is 14.4 Å². The van der Waals surface area contributed by atoms with Crippen molar-refractivity contribution in [2.24, 2.45) is 16.6 Å². The number of hydrogen-bond donors (Lipinski definition) is 4. The van der Waals surface area contributed by atoms with E-state index < -0.39 is 0 Å². The van der Waals surface area contributed by atoms with Gasteiger partial charge in [-0.2, -0.15) is 0 Å². The fourth-order valence-electron chi connectivity index (χ4n) is 6.12. The Labute approximate surface area is 253 Å². The number of rotatable bonds is 10. The van der Waals surface area contributed by atoms with E-state index in [2.05, 4.69) is 37.1 Å². The second-order valence-electron chi connectivity index (χ2n) is 11.1. The number of nitrogens with two attached hydrogens (primary N) is 2. The van der Waals surface area contributed by atoms with Gasteiger partial charge in [0.25, 0.3) is 0 Å². The van der Waals surface area contributed by atoms with E-state index in [1.54, 1.807) is 24.3 Å². The normalized spacial score (nSPS) is 20.4. The van der Waals surface area contributed by atoms with Gasteiger partial charge in [-0.1, -0.05) is 25.5 Å². The topological polar surface area (TPSA) is 147 Å². The number of hydrogen-bond acceptors (Lipinski definition) is 10. The predicted octanol–water partition coefficient (Wildman–Crippen LogP) is 3.26. The molecule has 0 unspecified atom stereocenters. The number of hydrazine groups is 1. The maximum absolute atomic E-state index is 12.4. The largest absolute Gasteiger partial charge is 0.494 e. The van der Waals surface area contributed by atoms with E-state index >= 15 is 0 Å². The van der Waals surface area contributed by atoms with Crippen LogP contribution >= 0.6 is 0 Å². The summed E-state index contributed by atoms with van der Waals surface area (Å²) in [7, 11) is 1.59. The monoisotopic (exact) mass is 589 g/mol.